The van der Waals surface area contributed by atoms with Crippen molar-refractivity contribution in [2.75, 3.05) is 0 Å². The first-order chi connectivity index (χ1) is 10.4. The summed E-state index contributed by atoms with van der Waals surface area (Å²) in [6, 6.07) is 0. The summed E-state index contributed by atoms with van der Waals surface area (Å²) in [6.07, 6.45) is 9.06. The molecule has 4 aliphatic rings. The normalized spacial score (nSPS) is 57.9. The molecule has 0 bridgehead atoms. The van der Waals surface area contributed by atoms with Gasteiger partial charge in [-0.2, -0.15) is 0 Å². The molecule has 0 amide bonds. The molecule has 1 N–H and O–H groups in total. The molecule has 22 heavy (non-hydrogen) atoms. The minimum Gasteiger partial charge on any atom is -0.393 e. The van der Waals surface area contributed by atoms with E-state index < -0.39 is 0 Å². The average molecular weight is 304 g/mol. The molecule has 0 aromatic heterocycles. The van der Waals surface area contributed by atoms with Gasteiger partial charge in [-0.05, 0) is 80.0 Å². The highest BCUT2D eigenvalue weighted by Crippen LogP contribution is 2.65. The van der Waals surface area contributed by atoms with Gasteiger partial charge in [-0.15, -0.1) is 0 Å². The molecule has 0 aromatic carbocycles. The van der Waals surface area contributed by atoms with Crippen LogP contribution in [-0.4, -0.2) is 17.0 Å². The van der Waals surface area contributed by atoms with Gasteiger partial charge < -0.3 is 5.11 Å². The molecule has 4 rings (SSSR count). The first kappa shape index (κ1) is 15.2. The molecular weight excluding hydrogens is 272 g/mol. The number of rotatable bonds is 0. The molecule has 4 aliphatic carbocycles. The van der Waals surface area contributed by atoms with Crippen molar-refractivity contribution < 1.29 is 9.90 Å². The van der Waals surface area contributed by atoms with E-state index in [-0.39, 0.29) is 11.5 Å². The summed E-state index contributed by atoms with van der Waals surface area (Å²) < 4.78 is 0. The number of hydrogen-bond donors (Lipinski definition) is 1. The van der Waals surface area contributed by atoms with Crippen LogP contribution in [-0.2, 0) is 4.79 Å². The van der Waals surface area contributed by atoms with Crippen molar-refractivity contribution in [2.45, 2.75) is 78.2 Å². The Hall–Kier alpha value is -0.370. The van der Waals surface area contributed by atoms with E-state index in [0.29, 0.717) is 29.0 Å². The maximum Gasteiger partial charge on any atom is 0.139 e. The van der Waals surface area contributed by atoms with Crippen LogP contribution in [0.25, 0.3) is 0 Å². The van der Waals surface area contributed by atoms with Crippen molar-refractivity contribution in [3.63, 3.8) is 0 Å². The van der Waals surface area contributed by atoms with Crippen molar-refractivity contribution in [3.05, 3.63) is 0 Å². The molecule has 0 radical (unpaired) electrons. The van der Waals surface area contributed by atoms with E-state index in [1.807, 2.05) is 0 Å². The first-order valence-electron chi connectivity index (χ1n) is 9.57. The molecule has 1 unspecified atom stereocenters. The van der Waals surface area contributed by atoms with Crippen molar-refractivity contribution in [1.82, 2.24) is 0 Å². The smallest absolute Gasteiger partial charge is 0.139 e. The van der Waals surface area contributed by atoms with Crippen LogP contribution in [0.4, 0.5) is 0 Å². The quantitative estimate of drug-likeness (QED) is 0.728. The Morgan fingerprint density at radius 2 is 1.86 bits per heavy atom. The minimum atomic E-state index is -0.0865. The molecule has 2 heteroatoms. The van der Waals surface area contributed by atoms with Crippen LogP contribution in [0, 0.1) is 40.4 Å². The Morgan fingerprint density at radius 3 is 2.64 bits per heavy atom. The van der Waals surface area contributed by atoms with E-state index in [1.54, 1.807) is 0 Å². The molecule has 4 saturated carbocycles. The fourth-order valence-corrected chi connectivity index (χ4v) is 7.36. The number of Topliss-reactive ketones (excluding diaryl/α,β-unsaturated/α-hetero) is 1. The molecule has 2 nitrogen and oxygen atoms in total. The van der Waals surface area contributed by atoms with Crippen molar-refractivity contribution >= 4 is 5.78 Å². The van der Waals surface area contributed by atoms with E-state index in [0.717, 1.165) is 37.5 Å². The van der Waals surface area contributed by atoms with Gasteiger partial charge in [0.15, 0.2) is 0 Å². The van der Waals surface area contributed by atoms with Gasteiger partial charge in [0.2, 0.25) is 0 Å². The summed E-state index contributed by atoms with van der Waals surface area (Å²) in [5, 5.41) is 10.3. The lowest BCUT2D eigenvalue weighted by atomic mass is 9.44. The highest BCUT2D eigenvalue weighted by molar-refractivity contribution is 5.87. The summed E-state index contributed by atoms with van der Waals surface area (Å²) in [7, 11) is 0. The lowest BCUT2D eigenvalue weighted by Gasteiger charge is -2.61. The van der Waals surface area contributed by atoms with E-state index in [9.17, 15) is 9.90 Å². The summed E-state index contributed by atoms with van der Waals surface area (Å²) in [5.74, 6) is 3.92. The van der Waals surface area contributed by atoms with Gasteiger partial charge in [-0.1, -0.05) is 20.8 Å². The maximum absolute atomic E-state index is 12.4. The lowest BCUT2D eigenvalue weighted by Crippen LogP contribution is -2.55. The van der Waals surface area contributed by atoms with Gasteiger partial charge in [0, 0.05) is 11.8 Å². The summed E-state index contributed by atoms with van der Waals surface area (Å²) >= 11 is 0. The third kappa shape index (κ3) is 1.85. The van der Waals surface area contributed by atoms with Crippen LogP contribution in [0.3, 0.4) is 0 Å². The third-order valence-electron chi connectivity index (χ3n) is 8.72. The van der Waals surface area contributed by atoms with Gasteiger partial charge in [0.05, 0.1) is 6.10 Å². The van der Waals surface area contributed by atoms with Crippen LogP contribution in [0.1, 0.15) is 72.1 Å². The largest absolute Gasteiger partial charge is 0.393 e. The second-order valence-electron chi connectivity index (χ2n) is 9.56. The molecule has 124 valence electrons. The highest BCUT2D eigenvalue weighted by Gasteiger charge is 2.60. The summed E-state index contributed by atoms with van der Waals surface area (Å²) in [4.78, 5) is 12.4. The maximum atomic E-state index is 12.4. The number of carbonyl (C=O) groups excluding carboxylic acids is 1. The fraction of sp³-hybridized carbons (Fsp3) is 0.950. The van der Waals surface area contributed by atoms with E-state index in [2.05, 4.69) is 20.8 Å². The molecule has 0 spiro atoms. The Labute approximate surface area is 135 Å². The Bertz CT molecular complexity index is 486. The molecule has 4 fully saturated rings. The summed E-state index contributed by atoms with van der Waals surface area (Å²) in [5.41, 5.74) is 0.415. The number of carbonyl (C=O) groups is 1. The Morgan fingerprint density at radius 1 is 1.09 bits per heavy atom. The topological polar surface area (TPSA) is 37.3 Å². The Balaban J connectivity index is 1.65. The average Bonchev–Trinajstić information content (AvgIpc) is 2.77. The van der Waals surface area contributed by atoms with Gasteiger partial charge >= 0.3 is 0 Å². The van der Waals surface area contributed by atoms with Crippen LogP contribution in [0.15, 0.2) is 0 Å². The monoisotopic (exact) mass is 304 g/mol. The van der Waals surface area contributed by atoms with E-state index >= 15 is 0 Å². The lowest BCUT2D eigenvalue weighted by molar-refractivity contribution is -0.148. The molecule has 0 aliphatic heterocycles. The van der Waals surface area contributed by atoms with E-state index in [1.165, 1.54) is 25.7 Å². The van der Waals surface area contributed by atoms with Crippen LogP contribution in [0.2, 0.25) is 0 Å². The molecule has 0 aromatic rings. The molecule has 0 saturated heterocycles. The van der Waals surface area contributed by atoms with Crippen molar-refractivity contribution in [1.29, 1.82) is 0 Å². The number of ketones is 1. The SMILES string of the molecule is C[C@H]1CC2(C)[C@@H](CC[C@@H]3[C@@H]2CC[C@]2(C)C(=O)CC[C@@H]32)C[C@@H]1O. The zero-order valence-electron chi connectivity index (χ0n) is 14.5. The Kier molecular flexibility index (Phi) is 3.32. The number of fused-ring (bicyclic) bond motifs is 5. The third-order valence-corrected chi connectivity index (χ3v) is 8.72. The van der Waals surface area contributed by atoms with Gasteiger partial charge in [0.1, 0.15) is 5.78 Å². The fourth-order valence-electron chi connectivity index (χ4n) is 7.36. The predicted octanol–water partition coefficient (Wildman–Crippen LogP) is 4.21. The van der Waals surface area contributed by atoms with Crippen LogP contribution < -0.4 is 0 Å². The zero-order valence-corrected chi connectivity index (χ0v) is 14.5. The van der Waals surface area contributed by atoms with Crippen LogP contribution in [0.5, 0.6) is 0 Å². The molecule has 0 heterocycles. The number of aliphatic hydroxyl groups excluding tert-OH is 1. The number of hydrogen-bond acceptors (Lipinski definition) is 2. The van der Waals surface area contributed by atoms with Crippen molar-refractivity contribution in [3.8, 4) is 0 Å². The van der Waals surface area contributed by atoms with Gasteiger partial charge in [0.25, 0.3) is 0 Å². The minimum absolute atomic E-state index is 0.00413. The van der Waals surface area contributed by atoms with Crippen molar-refractivity contribution in [2.24, 2.45) is 40.4 Å². The second-order valence-corrected chi connectivity index (χ2v) is 9.56. The highest BCUT2D eigenvalue weighted by atomic mass is 16.3. The standard InChI is InChI=1S/C20H32O2/c1-12-11-20(3)13(10-17(12)21)4-5-14-15-6-7-18(22)19(15,2)9-8-16(14)20/h12-17,21H,4-11H2,1-3H3/t12-,13-,14-,15-,16-,17-,19-,20?/m0/s1. The molecular formula is C20H32O2. The second kappa shape index (κ2) is 4.82. The van der Waals surface area contributed by atoms with E-state index in [4.69, 9.17) is 0 Å². The van der Waals surface area contributed by atoms with Gasteiger partial charge in [-0.3, -0.25) is 4.79 Å². The summed E-state index contributed by atoms with van der Waals surface area (Å²) in [6.45, 7) is 7.03. The first-order valence-corrected chi connectivity index (χ1v) is 9.57. The predicted molar refractivity (Wildman–Crippen MR) is 87.3 cm³/mol. The molecule has 8 atom stereocenters. The zero-order chi connectivity index (χ0) is 15.7. The van der Waals surface area contributed by atoms with Crippen LogP contribution >= 0.6 is 0 Å². The number of aliphatic hydroxyl groups is 1. The van der Waals surface area contributed by atoms with Gasteiger partial charge in [-0.25, -0.2) is 0 Å².